The molecule has 1 aliphatic heterocycles. The second-order valence-electron chi connectivity index (χ2n) is 5.34. The van der Waals surface area contributed by atoms with E-state index in [0.29, 0.717) is 22.2 Å². The zero-order valence-electron chi connectivity index (χ0n) is 12.4. The van der Waals surface area contributed by atoms with Crippen LogP contribution in [0, 0.1) is 5.82 Å². The smallest absolute Gasteiger partial charge is 0.259 e. The molecule has 1 aromatic heterocycles. The molecule has 5 N–H and O–H groups in total. The SMILES string of the molecule is O=C(Nc1ccc(C2NNNN2)cc1)c1coc2cc(F)ccc12. The molecule has 24 heavy (non-hydrogen) atoms. The topological polar surface area (TPSA) is 90.4 Å². The van der Waals surface area contributed by atoms with Crippen LogP contribution in [-0.4, -0.2) is 5.91 Å². The number of benzene rings is 2. The zero-order chi connectivity index (χ0) is 16.5. The first kappa shape index (κ1) is 14.8. The van der Waals surface area contributed by atoms with E-state index in [9.17, 15) is 9.18 Å². The minimum absolute atomic E-state index is 0.0672. The largest absolute Gasteiger partial charge is 0.463 e. The number of hydrogen-bond acceptors (Lipinski definition) is 6. The van der Waals surface area contributed by atoms with Crippen molar-refractivity contribution >= 4 is 22.6 Å². The molecule has 2 heterocycles. The van der Waals surface area contributed by atoms with Gasteiger partial charge in [-0.15, -0.1) is 0 Å². The summed E-state index contributed by atoms with van der Waals surface area (Å²) < 4.78 is 18.4. The van der Waals surface area contributed by atoms with E-state index in [4.69, 9.17) is 4.42 Å². The van der Waals surface area contributed by atoms with Crippen molar-refractivity contribution in [3.05, 3.63) is 65.7 Å². The fraction of sp³-hybridized carbons (Fsp3) is 0.0625. The number of carbonyl (C=O) groups excluding carboxylic acids is 1. The van der Waals surface area contributed by atoms with E-state index in [-0.39, 0.29) is 12.1 Å². The van der Waals surface area contributed by atoms with Gasteiger partial charge in [0, 0.05) is 17.1 Å². The van der Waals surface area contributed by atoms with Gasteiger partial charge in [0.1, 0.15) is 23.8 Å². The molecule has 122 valence electrons. The monoisotopic (exact) mass is 327 g/mol. The van der Waals surface area contributed by atoms with Gasteiger partial charge >= 0.3 is 0 Å². The van der Waals surface area contributed by atoms with Gasteiger partial charge in [0.15, 0.2) is 0 Å². The summed E-state index contributed by atoms with van der Waals surface area (Å²) in [5.74, 6) is -0.717. The average molecular weight is 327 g/mol. The fourth-order valence-electron chi connectivity index (χ4n) is 2.55. The van der Waals surface area contributed by atoms with Crippen molar-refractivity contribution in [1.29, 1.82) is 0 Å². The van der Waals surface area contributed by atoms with Crippen molar-refractivity contribution in [3.8, 4) is 0 Å². The first-order valence-electron chi connectivity index (χ1n) is 7.30. The van der Waals surface area contributed by atoms with Crippen molar-refractivity contribution in [3.63, 3.8) is 0 Å². The first-order chi connectivity index (χ1) is 11.7. The van der Waals surface area contributed by atoms with Crippen molar-refractivity contribution in [1.82, 2.24) is 21.9 Å². The van der Waals surface area contributed by atoms with Crippen LogP contribution in [0.4, 0.5) is 10.1 Å². The second kappa shape index (κ2) is 6.02. The maximum absolute atomic E-state index is 13.2. The molecular formula is C16H14FN5O2. The third kappa shape index (κ3) is 2.74. The van der Waals surface area contributed by atoms with Gasteiger partial charge in [0.25, 0.3) is 5.91 Å². The highest BCUT2D eigenvalue weighted by molar-refractivity contribution is 6.12. The molecule has 0 spiro atoms. The summed E-state index contributed by atoms with van der Waals surface area (Å²) in [6, 6.07) is 11.5. The van der Waals surface area contributed by atoms with Crippen molar-refractivity contribution in [2.75, 3.05) is 5.32 Å². The summed E-state index contributed by atoms with van der Waals surface area (Å²) >= 11 is 0. The highest BCUT2D eigenvalue weighted by Crippen LogP contribution is 2.23. The summed E-state index contributed by atoms with van der Waals surface area (Å²) in [5.41, 5.74) is 13.8. The van der Waals surface area contributed by atoms with E-state index in [1.807, 2.05) is 12.1 Å². The van der Waals surface area contributed by atoms with E-state index >= 15 is 0 Å². The number of nitrogens with one attached hydrogen (secondary N) is 5. The molecule has 1 fully saturated rings. The van der Waals surface area contributed by atoms with Crippen molar-refractivity contribution in [2.24, 2.45) is 0 Å². The molecule has 0 atom stereocenters. The highest BCUT2D eigenvalue weighted by Gasteiger charge is 2.16. The average Bonchev–Trinajstić information content (AvgIpc) is 3.24. The van der Waals surface area contributed by atoms with Gasteiger partial charge in [-0.1, -0.05) is 12.1 Å². The molecule has 0 unspecified atom stereocenters. The molecule has 2 aromatic carbocycles. The van der Waals surface area contributed by atoms with Gasteiger partial charge in [-0.05, 0) is 29.8 Å². The zero-order valence-corrected chi connectivity index (χ0v) is 12.4. The van der Waals surface area contributed by atoms with E-state index in [1.165, 1.54) is 24.5 Å². The lowest BCUT2D eigenvalue weighted by Gasteiger charge is -2.10. The predicted octanol–water partition coefficient (Wildman–Crippen LogP) is 1.94. The third-order valence-electron chi connectivity index (χ3n) is 3.78. The van der Waals surface area contributed by atoms with Crippen LogP contribution in [0.15, 0.2) is 53.1 Å². The lowest BCUT2D eigenvalue weighted by Crippen LogP contribution is -2.33. The number of hydrazine groups is 3. The Labute approximate surface area is 136 Å². The Bertz CT molecular complexity index is 887. The highest BCUT2D eigenvalue weighted by atomic mass is 19.1. The number of carbonyl (C=O) groups is 1. The molecule has 1 saturated heterocycles. The summed E-state index contributed by atoms with van der Waals surface area (Å²) in [4.78, 5) is 12.4. The van der Waals surface area contributed by atoms with Crippen LogP contribution in [0.25, 0.3) is 11.0 Å². The Morgan fingerprint density at radius 2 is 1.83 bits per heavy atom. The standard InChI is InChI=1S/C16H14FN5O2/c17-10-3-6-12-13(8-24-14(12)7-10)16(23)18-11-4-1-9(2-5-11)15-19-21-22-20-15/h1-8,15,19-22H,(H,18,23). The number of furan rings is 1. The van der Waals surface area contributed by atoms with Gasteiger partial charge in [0.2, 0.25) is 0 Å². The maximum Gasteiger partial charge on any atom is 0.259 e. The molecular weight excluding hydrogens is 313 g/mol. The lowest BCUT2D eigenvalue weighted by atomic mass is 10.1. The summed E-state index contributed by atoms with van der Waals surface area (Å²) in [7, 11) is 0. The Kier molecular flexibility index (Phi) is 3.71. The van der Waals surface area contributed by atoms with Crippen LogP contribution in [-0.2, 0) is 0 Å². The molecule has 8 heteroatoms. The van der Waals surface area contributed by atoms with Gasteiger partial charge in [0.05, 0.1) is 5.56 Å². The number of rotatable bonds is 3. The number of halogens is 1. The first-order valence-corrected chi connectivity index (χ1v) is 7.30. The molecule has 4 rings (SSSR count). The lowest BCUT2D eigenvalue weighted by molar-refractivity contribution is 0.102. The van der Waals surface area contributed by atoms with Crippen molar-refractivity contribution < 1.29 is 13.6 Å². The minimum atomic E-state index is -0.405. The van der Waals surface area contributed by atoms with E-state index in [1.54, 1.807) is 12.1 Å². The van der Waals surface area contributed by atoms with Crippen LogP contribution in [0.1, 0.15) is 22.1 Å². The molecule has 0 aliphatic carbocycles. The van der Waals surface area contributed by atoms with Gasteiger partial charge in [-0.3, -0.25) is 4.79 Å². The Morgan fingerprint density at radius 1 is 1.08 bits per heavy atom. The van der Waals surface area contributed by atoms with E-state index in [2.05, 4.69) is 27.2 Å². The number of anilines is 1. The van der Waals surface area contributed by atoms with E-state index in [0.717, 1.165) is 5.56 Å². The second-order valence-corrected chi connectivity index (χ2v) is 5.34. The predicted molar refractivity (Wildman–Crippen MR) is 85.9 cm³/mol. The van der Waals surface area contributed by atoms with Crippen LogP contribution in [0.2, 0.25) is 0 Å². The van der Waals surface area contributed by atoms with Crippen LogP contribution in [0.3, 0.4) is 0 Å². The summed E-state index contributed by atoms with van der Waals surface area (Å²) in [6.07, 6.45) is 1.26. The van der Waals surface area contributed by atoms with Crippen molar-refractivity contribution in [2.45, 2.75) is 6.17 Å². The Balaban J connectivity index is 1.52. The molecule has 0 saturated carbocycles. The number of amides is 1. The normalized spacial score (nSPS) is 15.0. The minimum Gasteiger partial charge on any atom is -0.463 e. The third-order valence-corrected chi connectivity index (χ3v) is 3.78. The molecule has 0 radical (unpaired) electrons. The summed E-state index contributed by atoms with van der Waals surface area (Å²) in [6.45, 7) is 0. The van der Waals surface area contributed by atoms with Crippen LogP contribution < -0.4 is 27.2 Å². The van der Waals surface area contributed by atoms with Gasteiger partial charge in [-0.2, -0.15) is 11.1 Å². The van der Waals surface area contributed by atoms with Crippen LogP contribution in [0.5, 0.6) is 0 Å². The van der Waals surface area contributed by atoms with Crippen LogP contribution >= 0.6 is 0 Å². The molecule has 3 aromatic rings. The van der Waals surface area contributed by atoms with Gasteiger partial charge < -0.3 is 9.73 Å². The quantitative estimate of drug-likeness (QED) is 0.505. The molecule has 1 aliphatic rings. The number of fused-ring (bicyclic) bond motifs is 1. The van der Waals surface area contributed by atoms with E-state index < -0.39 is 5.82 Å². The molecule has 7 nitrogen and oxygen atoms in total. The Morgan fingerprint density at radius 3 is 2.58 bits per heavy atom. The summed E-state index contributed by atoms with van der Waals surface area (Å²) in [5, 5.41) is 3.38. The van der Waals surface area contributed by atoms with Gasteiger partial charge in [-0.25, -0.2) is 15.2 Å². The maximum atomic E-state index is 13.2. The fourth-order valence-corrected chi connectivity index (χ4v) is 2.55. The number of hydrogen-bond donors (Lipinski definition) is 5. The molecule has 1 amide bonds. The Hall–Kier alpha value is -2.78. The molecule has 0 bridgehead atoms.